The zero-order valence-corrected chi connectivity index (χ0v) is 32.4. The molecule has 15 heteroatoms. The lowest BCUT2D eigenvalue weighted by atomic mass is 9.49. The third-order valence-electron chi connectivity index (χ3n) is 11.8. The van der Waals surface area contributed by atoms with Crippen LogP contribution in [-0.4, -0.2) is 77.6 Å². The number of unbranched alkanes of at least 4 members (excludes halogenated alkanes) is 2. The number of carbonyl (C=O) groups is 5. The van der Waals surface area contributed by atoms with E-state index >= 15 is 4.79 Å². The minimum atomic E-state index is -1.72. The highest BCUT2D eigenvalue weighted by Gasteiger charge is 2.71. The summed E-state index contributed by atoms with van der Waals surface area (Å²) in [5, 5.41) is 22.4. The van der Waals surface area contributed by atoms with Gasteiger partial charge in [-0.3, -0.25) is 34.3 Å². The van der Waals surface area contributed by atoms with Crippen molar-refractivity contribution in [2.24, 2.45) is 23.7 Å². The lowest BCUT2D eigenvalue weighted by Gasteiger charge is -2.50. The summed E-state index contributed by atoms with van der Waals surface area (Å²) in [7, 11) is 4.37. The van der Waals surface area contributed by atoms with E-state index in [-0.39, 0.29) is 71.1 Å². The number of nitrogens with zero attached hydrogens (tertiary/aromatic N) is 2. The van der Waals surface area contributed by atoms with Gasteiger partial charge in [0.05, 0.1) is 55.2 Å². The number of benzene rings is 3. The minimum Gasteiger partial charge on any atom is -0.507 e. The van der Waals surface area contributed by atoms with Crippen molar-refractivity contribution in [3.8, 4) is 23.0 Å². The van der Waals surface area contributed by atoms with E-state index < -0.39 is 52.8 Å². The zero-order chi connectivity index (χ0) is 40.1. The van der Waals surface area contributed by atoms with Crippen LogP contribution in [0.1, 0.15) is 55.6 Å². The van der Waals surface area contributed by atoms with Gasteiger partial charge in [0.1, 0.15) is 23.0 Å². The summed E-state index contributed by atoms with van der Waals surface area (Å²) < 4.78 is 16.8. The Bertz CT molecular complexity index is 2140. The van der Waals surface area contributed by atoms with E-state index in [4.69, 9.17) is 42.5 Å². The average Bonchev–Trinajstić information content (AvgIpc) is 3.55. The number of ether oxygens (including phenoxy) is 3. The number of halogens is 2. The number of hydrogen-bond acceptors (Lipinski definition) is 10. The number of carboxylic acids is 1. The number of fused-ring (bicyclic) bond motifs is 4. The second-order valence-corrected chi connectivity index (χ2v) is 15.4. The first-order chi connectivity index (χ1) is 26.9. The zero-order valence-electron chi connectivity index (χ0n) is 30.9. The van der Waals surface area contributed by atoms with Crippen molar-refractivity contribution in [2.45, 2.75) is 49.9 Å². The Morgan fingerprint density at radius 2 is 1.61 bits per heavy atom. The normalized spacial score (nSPS) is 25.4. The topological polar surface area (TPSA) is 172 Å². The van der Waals surface area contributed by atoms with Crippen molar-refractivity contribution in [1.29, 1.82) is 0 Å². The number of rotatable bonds is 13. The molecule has 1 saturated carbocycles. The average molecular weight is 807 g/mol. The molecule has 0 spiro atoms. The molecule has 2 saturated heterocycles. The number of allylic oxidation sites excluding steroid dienone is 2. The smallest absolute Gasteiger partial charge is 0.303 e. The van der Waals surface area contributed by atoms with Gasteiger partial charge in [-0.15, -0.1) is 0 Å². The highest BCUT2D eigenvalue weighted by atomic mass is 35.5. The van der Waals surface area contributed by atoms with Gasteiger partial charge in [-0.05, 0) is 67.5 Å². The molecule has 0 aromatic heterocycles. The monoisotopic (exact) mass is 805 g/mol. The van der Waals surface area contributed by atoms with Crippen molar-refractivity contribution in [3.05, 3.63) is 87.4 Å². The fourth-order valence-corrected chi connectivity index (χ4v) is 9.78. The van der Waals surface area contributed by atoms with Gasteiger partial charge in [-0.25, -0.2) is 0 Å². The molecule has 6 unspecified atom stereocenters. The first kappa shape index (κ1) is 39.0. The molecule has 2 heterocycles. The summed E-state index contributed by atoms with van der Waals surface area (Å²) in [4.78, 5) is 71.1. The van der Waals surface area contributed by atoms with E-state index in [0.29, 0.717) is 41.2 Å². The van der Waals surface area contributed by atoms with Gasteiger partial charge in [0.2, 0.25) is 11.8 Å². The Labute approximate surface area is 333 Å². The second kappa shape index (κ2) is 15.3. The molecule has 56 heavy (non-hydrogen) atoms. The number of hydrazine groups is 1. The lowest BCUT2D eigenvalue weighted by molar-refractivity contribution is -0.141. The maximum atomic E-state index is 15.5. The number of hydrogen-bond donors (Lipinski definition) is 3. The molecule has 2 aliphatic heterocycles. The van der Waals surface area contributed by atoms with E-state index in [2.05, 4.69) is 5.43 Å². The van der Waals surface area contributed by atoms with Crippen LogP contribution in [0.2, 0.25) is 10.0 Å². The number of amides is 4. The molecule has 294 valence electrons. The van der Waals surface area contributed by atoms with Crippen LogP contribution in [0.25, 0.3) is 0 Å². The summed E-state index contributed by atoms with van der Waals surface area (Å²) in [6, 6.07) is 14.4. The summed E-state index contributed by atoms with van der Waals surface area (Å²) >= 11 is 12.7. The van der Waals surface area contributed by atoms with Crippen LogP contribution >= 0.6 is 23.2 Å². The van der Waals surface area contributed by atoms with Gasteiger partial charge in [0.25, 0.3) is 11.8 Å². The van der Waals surface area contributed by atoms with Gasteiger partial charge < -0.3 is 24.4 Å². The van der Waals surface area contributed by atoms with Crippen molar-refractivity contribution < 1.29 is 48.4 Å². The fraction of sp³-hybridized carbons (Fsp3) is 0.390. The van der Waals surface area contributed by atoms with Crippen molar-refractivity contribution >= 4 is 58.5 Å². The molecule has 13 nitrogen and oxygen atoms in total. The summed E-state index contributed by atoms with van der Waals surface area (Å²) in [6.07, 6.45) is 3.46. The first-order valence-electron chi connectivity index (χ1n) is 18.3. The first-order valence-corrected chi connectivity index (χ1v) is 19.1. The molecule has 0 bridgehead atoms. The van der Waals surface area contributed by atoms with E-state index in [1.54, 1.807) is 42.5 Å². The number of aliphatic carboxylic acids is 1. The summed E-state index contributed by atoms with van der Waals surface area (Å²) in [5.41, 5.74) is 2.76. The Morgan fingerprint density at radius 1 is 0.875 bits per heavy atom. The predicted molar refractivity (Wildman–Crippen MR) is 205 cm³/mol. The molecule has 0 radical (unpaired) electrons. The van der Waals surface area contributed by atoms with Crippen LogP contribution < -0.4 is 19.6 Å². The number of likely N-dealkylation sites (tertiary alicyclic amines) is 1. The molecule has 3 aromatic rings. The van der Waals surface area contributed by atoms with Crippen LogP contribution in [0, 0.1) is 23.7 Å². The molecule has 3 aromatic carbocycles. The van der Waals surface area contributed by atoms with Gasteiger partial charge in [-0.1, -0.05) is 53.4 Å². The molecular formula is C41H41Cl2N3O10. The Hall–Kier alpha value is -5.27. The number of phenolic OH excluding ortho intramolecular Hbond substituents is 1. The number of carboxylic acid groups (broad SMARTS) is 1. The van der Waals surface area contributed by atoms with Crippen LogP contribution in [0.4, 0.5) is 5.69 Å². The van der Waals surface area contributed by atoms with Crippen LogP contribution in [0.15, 0.2) is 66.2 Å². The number of phenols is 1. The van der Waals surface area contributed by atoms with Crippen LogP contribution in [-0.2, 0) is 29.4 Å². The highest BCUT2D eigenvalue weighted by Crippen LogP contribution is 2.66. The predicted octanol–water partition coefficient (Wildman–Crippen LogP) is 6.35. The summed E-state index contributed by atoms with van der Waals surface area (Å²) in [6.45, 7) is 0.138. The number of methoxy groups -OCH3 is 3. The van der Waals surface area contributed by atoms with Crippen LogP contribution in [0.3, 0.4) is 0 Å². The van der Waals surface area contributed by atoms with E-state index in [1.807, 2.05) is 6.08 Å². The SMILES string of the molecule is COc1ccc(C23C(=O)N(Nc4ccc(Cl)cc4Cl)C(=O)C2CC2C(=CCC4C(=O)N(CCCCCC(=O)O)C(=O)C42)C3c2c(O)cc(OC)cc2OC)cc1. The molecule has 3 fully saturated rings. The number of aromatic hydroxyl groups is 1. The minimum absolute atomic E-state index is 0.00820. The maximum absolute atomic E-state index is 15.5. The van der Waals surface area contributed by atoms with E-state index in [0.717, 1.165) is 5.01 Å². The molecule has 3 N–H and O–H groups in total. The maximum Gasteiger partial charge on any atom is 0.303 e. The quantitative estimate of drug-likeness (QED) is 0.0998. The van der Waals surface area contributed by atoms with E-state index in [1.165, 1.54) is 38.4 Å². The molecule has 4 aliphatic rings. The van der Waals surface area contributed by atoms with Crippen molar-refractivity contribution in [2.75, 3.05) is 33.3 Å². The van der Waals surface area contributed by atoms with Gasteiger partial charge in [0.15, 0.2) is 0 Å². The molecule has 2 aliphatic carbocycles. The second-order valence-electron chi connectivity index (χ2n) is 14.5. The van der Waals surface area contributed by atoms with Gasteiger partial charge in [0, 0.05) is 41.6 Å². The number of anilines is 1. The standard InChI is InChI=1S/C41H41Cl2N3O10/c1-54-23-11-8-21(9-12-23)41-28(38(51)46(40(41)53)44-30-15-10-22(42)17-29(30)43)20-27-25(36(41)35-31(47)18-24(55-2)19-32(35)56-3)13-14-26-34(27)39(52)45(37(26)50)16-6-4-5-7-33(48)49/h8-13,15,17-19,26-28,34,36,44,47H,4-7,14,16,20H2,1-3H3,(H,48,49). The Balaban J connectivity index is 1.41. The van der Waals surface area contributed by atoms with Crippen molar-refractivity contribution in [1.82, 2.24) is 9.91 Å². The molecule has 4 amide bonds. The third kappa shape index (κ3) is 6.30. The molecule has 7 rings (SSSR count). The molecule has 6 atom stereocenters. The number of carbonyl (C=O) groups excluding carboxylic acids is 4. The van der Waals surface area contributed by atoms with E-state index in [9.17, 15) is 24.3 Å². The Morgan fingerprint density at radius 3 is 2.27 bits per heavy atom. The van der Waals surface area contributed by atoms with Gasteiger partial charge >= 0.3 is 5.97 Å². The Kier molecular flexibility index (Phi) is 10.7. The molecular weight excluding hydrogens is 765 g/mol. The fourth-order valence-electron chi connectivity index (χ4n) is 9.33. The van der Waals surface area contributed by atoms with Gasteiger partial charge in [-0.2, -0.15) is 5.01 Å². The van der Waals surface area contributed by atoms with Crippen molar-refractivity contribution in [3.63, 3.8) is 0 Å². The third-order valence-corrected chi connectivity index (χ3v) is 12.3. The largest absolute Gasteiger partial charge is 0.507 e. The number of nitrogens with one attached hydrogen (secondary N) is 1. The lowest BCUT2D eigenvalue weighted by Crippen LogP contribution is -2.53. The highest BCUT2D eigenvalue weighted by molar-refractivity contribution is 6.36. The van der Waals surface area contributed by atoms with Crippen LogP contribution in [0.5, 0.6) is 23.0 Å². The number of imide groups is 2. The summed E-state index contributed by atoms with van der Waals surface area (Å²) in [5.74, 6) is -6.57.